The maximum atomic E-state index is 6.32. The van der Waals surface area contributed by atoms with Gasteiger partial charge in [0.1, 0.15) is 0 Å². The molecule has 1 aromatic rings. The minimum atomic E-state index is -0.318. The van der Waals surface area contributed by atoms with Crippen LogP contribution < -0.4 is 0 Å². The van der Waals surface area contributed by atoms with E-state index in [0.717, 1.165) is 0 Å². The normalized spacial score (nSPS) is 14.1. The largest absolute Gasteiger partial charge is 0.179 e. The number of benzene rings is 1. The topological polar surface area (TPSA) is 0 Å². The molecule has 3 heteroatoms. The van der Waals surface area contributed by atoms with Crippen LogP contribution in [0.2, 0.25) is 0 Å². The molecule has 0 saturated heterocycles. The molecular formula is C11H14Cl2Si. The van der Waals surface area contributed by atoms with E-state index in [1.165, 1.54) is 11.1 Å². The molecule has 0 fully saturated rings. The van der Waals surface area contributed by atoms with Crippen LogP contribution in [-0.4, -0.2) is 8.83 Å². The number of halogens is 2. The van der Waals surface area contributed by atoms with Crippen molar-refractivity contribution < 1.29 is 0 Å². The van der Waals surface area contributed by atoms with E-state index in [4.69, 9.17) is 22.7 Å². The zero-order chi connectivity index (χ0) is 10.8. The Kier molecular flexibility index (Phi) is 4.05. The fourth-order valence-electron chi connectivity index (χ4n) is 1.47. The number of hydrogen-bond donors (Lipinski definition) is 0. The summed E-state index contributed by atoms with van der Waals surface area (Å²) in [6.07, 6.45) is 0. The summed E-state index contributed by atoms with van der Waals surface area (Å²) < 4.78 is 0. The second-order valence-electron chi connectivity index (χ2n) is 3.89. The third kappa shape index (κ3) is 2.75. The van der Waals surface area contributed by atoms with Crippen LogP contribution in [0.3, 0.4) is 0 Å². The van der Waals surface area contributed by atoms with Gasteiger partial charge >= 0.3 is 0 Å². The third-order valence-electron chi connectivity index (χ3n) is 2.23. The highest BCUT2D eigenvalue weighted by Gasteiger charge is 2.22. The second-order valence-corrected chi connectivity index (χ2v) is 6.57. The molecular weight excluding hydrogens is 231 g/mol. The first-order valence-corrected chi connectivity index (χ1v) is 7.08. The highest BCUT2D eigenvalue weighted by Crippen LogP contribution is 2.33. The molecule has 1 atom stereocenters. The van der Waals surface area contributed by atoms with E-state index in [-0.39, 0.29) is 4.87 Å². The smallest absolute Gasteiger partial charge is 0.171 e. The molecule has 14 heavy (non-hydrogen) atoms. The summed E-state index contributed by atoms with van der Waals surface area (Å²) in [4.78, 5) is -0.318. The molecule has 0 saturated carbocycles. The van der Waals surface area contributed by atoms with E-state index < -0.39 is 0 Å². The predicted octanol–water partition coefficient (Wildman–Crippen LogP) is 4.08. The standard InChI is InChI=1S/C11H14Cl2Si/c1-8(14-13)9-6-4-5-7-10(9)11(2,3)12/h4-8H,1-3H3. The van der Waals surface area contributed by atoms with Crippen molar-refractivity contribution in [2.24, 2.45) is 0 Å². The van der Waals surface area contributed by atoms with Crippen molar-refractivity contribution in [3.8, 4) is 0 Å². The van der Waals surface area contributed by atoms with Crippen molar-refractivity contribution >= 4 is 31.5 Å². The van der Waals surface area contributed by atoms with Gasteiger partial charge in [0.2, 0.25) is 0 Å². The summed E-state index contributed by atoms with van der Waals surface area (Å²) in [7, 11) is 0.398. The SMILES string of the molecule is CC([Si]Cl)c1ccccc1C(C)(C)Cl. The van der Waals surface area contributed by atoms with Crippen LogP contribution in [0.5, 0.6) is 0 Å². The molecule has 0 amide bonds. The van der Waals surface area contributed by atoms with Gasteiger partial charge in [-0.2, -0.15) is 11.1 Å². The summed E-state index contributed by atoms with van der Waals surface area (Å²) in [5.41, 5.74) is 2.83. The number of rotatable bonds is 3. The van der Waals surface area contributed by atoms with Gasteiger partial charge in [-0.3, -0.25) is 0 Å². The lowest BCUT2D eigenvalue weighted by Crippen LogP contribution is -2.13. The number of hydrogen-bond acceptors (Lipinski definition) is 0. The van der Waals surface area contributed by atoms with Gasteiger partial charge in [0, 0.05) is 0 Å². The minimum absolute atomic E-state index is 0.318. The molecule has 0 spiro atoms. The Balaban J connectivity index is 3.16. The van der Waals surface area contributed by atoms with Gasteiger partial charge in [0.25, 0.3) is 0 Å². The van der Waals surface area contributed by atoms with Crippen LogP contribution in [0.4, 0.5) is 0 Å². The van der Waals surface area contributed by atoms with Gasteiger partial charge in [-0.15, -0.1) is 11.6 Å². The summed E-state index contributed by atoms with van der Waals surface area (Å²) in [6, 6.07) is 8.25. The molecule has 0 N–H and O–H groups in total. The zero-order valence-electron chi connectivity index (χ0n) is 8.64. The van der Waals surface area contributed by atoms with Crippen molar-refractivity contribution in [3.05, 3.63) is 35.4 Å². The van der Waals surface area contributed by atoms with Crippen LogP contribution in [0.1, 0.15) is 37.4 Å². The van der Waals surface area contributed by atoms with Gasteiger partial charge in [-0.1, -0.05) is 31.2 Å². The lowest BCUT2D eigenvalue weighted by Gasteiger charge is -2.22. The van der Waals surface area contributed by atoms with Crippen molar-refractivity contribution in [1.82, 2.24) is 0 Å². The summed E-state index contributed by atoms with van der Waals surface area (Å²) in [6.45, 7) is 6.15. The van der Waals surface area contributed by atoms with E-state index in [9.17, 15) is 0 Å². The van der Waals surface area contributed by atoms with Gasteiger partial charge in [0.05, 0.1) is 4.87 Å². The quantitative estimate of drug-likeness (QED) is 0.427. The van der Waals surface area contributed by atoms with Crippen LogP contribution >= 0.6 is 22.7 Å². The lowest BCUT2D eigenvalue weighted by atomic mass is 9.95. The Morgan fingerprint density at radius 1 is 1.29 bits per heavy atom. The molecule has 1 rings (SSSR count). The van der Waals surface area contributed by atoms with Crippen LogP contribution in [0.15, 0.2) is 24.3 Å². The van der Waals surface area contributed by atoms with Gasteiger partial charge in [-0.25, -0.2) is 0 Å². The highest BCUT2D eigenvalue weighted by molar-refractivity contribution is 6.94. The first-order valence-electron chi connectivity index (χ1n) is 4.61. The molecule has 1 unspecified atom stereocenters. The minimum Gasteiger partial charge on any atom is -0.171 e. The molecule has 76 valence electrons. The third-order valence-corrected chi connectivity index (χ3v) is 4.06. The molecule has 0 bridgehead atoms. The van der Waals surface area contributed by atoms with Crippen molar-refractivity contribution in [1.29, 1.82) is 0 Å². The van der Waals surface area contributed by atoms with Gasteiger partial charge in [0.15, 0.2) is 8.83 Å². The maximum absolute atomic E-state index is 6.32. The average molecular weight is 245 g/mol. The molecule has 0 heterocycles. The van der Waals surface area contributed by atoms with E-state index >= 15 is 0 Å². The predicted molar refractivity (Wildman–Crippen MR) is 65.3 cm³/mol. The Bertz CT molecular complexity index is 304. The summed E-state index contributed by atoms with van der Waals surface area (Å²) in [5.74, 6) is 0. The Hall–Kier alpha value is 0.0169. The Morgan fingerprint density at radius 2 is 1.86 bits per heavy atom. The van der Waals surface area contributed by atoms with Crippen molar-refractivity contribution in [2.75, 3.05) is 0 Å². The van der Waals surface area contributed by atoms with E-state index in [0.29, 0.717) is 14.4 Å². The van der Waals surface area contributed by atoms with E-state index in [1.54, 1.807) is 0 Å². The first kappa shape index (κ1) is 12.1. The molecule has 0 aliphatic carbocycles. The molecule has 0 nitrogen and oxygen atoms in total. The second kappa shape index (κ2) is 4.69. The van der Waals surface area contributed by atoms with Crippen LogP contribution in [0.25, 0.3) is 0 Å². The van der Waals surface area contributed by atoms with Crippen LogP contribution in [-0.2, 0) is 4.87 Å². The van der Waals surface area contributed by atoms with E-state index in [2.05, 4.69) is 19.1 Å². The summed E-state index contributed by atoms with van der Waals surface area (Å²) >= 11 is 12.2. The fraction of sp³-hybridized carbons (Fsp3) is 0.455. The first-order chi connectivity index (χ1) is 6.46. The molecule has 0 aliphatic rings. The Labute approximate surface area is 98.1 Å². The maximum Gasteiger partial charge on any atom is 0.179 e. The summed E-state index contributed by atoms with van der Waals surface area (Å²) in [5, 5.41) is 0. The molecule has 0 aliphatic heterocycles. The fourth-order valence-corrected chi connectivity index (χ4v) is 2.37. The molecule has 1 aromatic carbocycles. The molecule has 0 aromatic heterocycles. The van der Waals surface area contributed by atoms with Crippen LogP contribution in [0, 0.1) is 0 Å². The average Bonchev–Trinajstić information content (AvgIpc) is 2.15. The van der Waals surface area contributed by atoms with Gasteiger partial charge in [-0.05, 0) is 30.5 Å². The van der Waals surface area contributed by atoms with E-state index in [1.807, 2.05) is 26.0 Å². The number of alkyl halides is 1. The monoisotopic (exact) mass is 244 g/mol. The lowest BCUT2D eigenvalue weighted by molar-refractivity contribution is 0.749. The van der Waals surface area contributed by atoms with Crippen molar-refractivity contribution in [3.63, 3.8) is 0 Å². The highest BCUT2D eigenvalue weighted by atomic mass is 35.6. The van der Waals surface area contributed by atoms with Crippen molar-refractivity contribution in [2.45, 2.75) is 31.2 Å². The molecule has 2 radical (unpaired) electrons. The zero-order valence-corrected chi connectivity index (χ0v) is 11.2. The Morgan fingerprint density at radius 3 is 2.36 bits per heavy atom. The van der Waals surface area contributed by atoms with Gasteiger partial charge < -0.3 is 0 Å².